The fourth-order valence-corrected chi connectivity index (χ4v) is 7.37. The molecule has 0 heterocycles. The van der Waals surface area contributed by atoms with Gasteiger partial charge in [0.05, 0.1) is 0 Å². The molecule has 127 valence electrons. The minimum Gasteiger partial charge on any atom is -1.00 e. The van der Waals surface area contributed by atoms with Crippen LogP contribution in [0.3, 0.4) is 0 Å². The summed E-state index contributed by atoms with van der Waals surface area (Å²) in [5, 5.41) is 0. The standard InChI is InChI=1S/C19H15.C3H6.2ClH.Zr/c1-13-9-10-15(11-13)17-7-4-8-18-16-6-3-2-5-14(16)12-19(17)18;1-3-2;;;/h2-9,11-12H,10H2,1H3;1-2H3;2*1H;/q;;;;+2/p-2. The topological polar surface area (TPSA) is 0 Å². The Morgan fingerprint density at radius 1 is 0.920 bits per heavy atom. The van der Waals surface area contributed by atoms with Crippen molar-refractivity contribution in [3.05, 3.63) is 76.9 Å². The molecule has 2 aromatic carbocycles. The first-order chi connectivity index (χ1) is 11.1. The van der Waals surface area contributed by atoms with E-state index in [0.717, 1.165) is 6.42 Å². The van der Waals surface area contributed by atoms with Crippen LogP contribution in [0.25, 0.3) is 16.7 Å². The maximum atomic E-state index is 2.38. The average Bonchev–Trinajstić information content (AvgIpc) is 3.10. The third-order valence-electron chi connectivity index (χ3n) is 4.78. The van der Waals surface area contributed by atoms with Gasteiger partial charge in [0, 0.05) is 0 Å². The molecule has 25 heavy (non-hydrogen) atoms. The van der Waals surface area contributed by atoms with Gasteiger partial charge in [-0.2, -0.15) is 0 Å². The van der Waals surface area contributed by atoms with Crippen LogP contribution in [0.1, 0.15) is 47.5 Å². The van der Waals surface area contributed by atoms with Crippen molar-refractivity contribution in [3.8, 4) is 11.1 Å². The summed E-state index contributed by atoms with van der Waals surface area (Å²) in [4.78, 5) is 0. The Morgan fingerprint density at radius 3 is 2.28 bits per heavy atom. The average molecular weight is 448 g/mol. The van der Waals surface area contributed by atoms with Gasteiger partial charge in [0.25, 0.3) is 0 Å². The van der Waals surface area contributed by atoms with Gasteiger partial charge in [0.1, 0.15) is 0 Å². The van der Waals surface area contributed by atoms with Crippen LogP contribution in [0, 0.1) is 0 Å². The van der Waals surface area contributed by atoms with Crippen molar-refractivity contribution < 1.29 is 47.6 Å². The Balaban J connectivity index is 0.00000113. The number of halogens is 2. The second-order valence-corrected chi connectivity index (χ2v) is 11.3. The molecule has 0 N–H and O–H groups in total. The van der Waals surface area contributed by atoms with Crippen molar-refractivity contribution in [3.63, 3.8) is 0 Å². The van der Waals surface area contributed by atoms with Gasteiger partial charge < -0.3 is 24.8 Å². The van der Waals surface area contributed by atoms with Crippen molar-refractivity contribution in [2.75, 3.05) is 0 Å². The second-order valence-electron chi connectivity index (χ2n) is 6.75. The Morgan fingerprint density at radius 2 is 1.60 bits per heavy atom. The van der Waals surface area contributed by atoms with Crippen LogP contribution in [-0.4, -0.2) is 3.21 Å². The maximum Gasteiger partial charge on any atom is -1.00 e. The van der Waals surface area contributed by atoms with Gasteiger partial charge in [-0.05, 0) is 0 Å². The van der Waals surface area contributed by atoms with Gasteiger partial charge in [-0.3, -0.25) is 0 Å². The summed E-state index contributed by atoms with van der Waals surface area (Å²) in [6.45, 7) is 6.87. The molecule has 4 rings (SSSR count). The van der Waals surface area contributed by atoms with Crippen LogP contribution in [0.2, 0.25) is 0 Å². The van der Waals surface area contributed by atoms with Crippen molar-refractivity contribution in [1.29, 1.82) is 0 Å². The zero-order valence-corrected chi connectivity index (χ0v) is 18.7. The van der Waals surface area contributed by atoms with Crippen LogP contribution >= 0.6 is 0 Å². The summed E-state index contributed by atoms with van der Waals surface area (Å²) in [6.07, 6.45) is 5.82. The molecule has 1 unspecified atom stereocenters. The number of hydrogen-bond acceptors (Lipinski definition) is 0. The molecule has 0 amide bonds. The first kappa shape index (κ1) is 20.6. The molecule has 2 aliphatic rings. The van der Waals surface area contributed by atoms with E-state index in [-0.39, 0.29) is 24.8 Å². The Kier molecular flexibility index (Phi) is 6.82. The minimum atomic E-state index is -0.603. The molecule has 0 aromatic heterocycles. The molecule has 0 aliphatic heterocycles. The van der Waals surface area contributed by atoms with E-state index in [1.54, 1.807) is 14.3 Å². The van der Waals surface area contributed by atoms with Gasteiger partial charge in [0.15, 0.2) is 0 Å². The smallest absolute Gasteiger partial charge is 1.00 e. The number of hydrogen-bond donors (Lipinski definition) is 0. The minimum absolute atomic E-state index is 0. The van der Waals surface area contributed by atoms with E-state index in [1.807, 2.05) is 0 Å². The molecular formula is C22H21Cl2Zr. The van der Waals surface area contributed by atoms with E-state index in [1.165, 1.54) is 27.8 Å². The summed E-state index contributed by atoms with van der Waals surface area (Å²) in [5.74, 6) is 0. The molecule has 2 aromatic rings. The fraction of sp³-hybridized carbons (Fsp3) is 0.227. The third kappa shape index (κ3) is 3.70. The van der Waals surface area contributed by atoms with Crippen LogP contribution in [-0.2, 0) is 22.8 Å². The van der Waals surface area contributed by atoms with E-state index in [0.29, 0.717) is 3.63 Å². The van der Waals surface area contributed by atoms with Crippen LogP contribution < -0.4 is 24.8 Å². The number of rotatable bonds is 2. The maximum absolute atomic E-state index is 2.38. The SMILES string of the molecule is CC1=CCC(c2cccc3c2[CH]([Zr+2]=[C](C)C)c2ccccc2-3)=C1.[Cl-].[Cl-]. The monoisotopic (exact) mass is 445 g/mol. The third-order valence-corrected chi connectivity index (χ3v) is 8.38. The zero-order valence-electron chi connectivity index (χ0n) is 14.7. The summed E-state index contributed by atoms with van der Waals surface area (Å²) in [6, 6.07) is 16.0. The number of benzene rings is 2. The molecular weight excluding hydrogens is 426 g/mol. The Labute approximate surface area is 174 Å². The molecule has 0 spiro atoms. The molecule has 0 bridgehead atoms. The number of fused-ring (bicyclic) bond motifs is 3. The predicted octanol–water partition coefficient (Wildman–Crippen LogP) is -0.207. The first-order valence-electron chi connectivity index (χ1n) is 8.32. The van der Waals surface area contributed by atoms with Gasteiger partial charge in [0.2, 0.25) is 0 Å². The van der Waals surface area contributed by atoms with E-state index in [9.17, 15) is 0 Å². The van der Waals surface area contributed by atoms with E-state index >= 15 is 0 Å². The first-order valence-corrected chi connectivity index (χ1v) is 11.0. The van der Waals surface area contributed by atoms with Crippen molar-refractivity contribution in [1.82, 2.24) is 0 Å². The van der Waals surface area contributed by atoms with Gasteiger partial charge in [-0.1, -0.05) is 0 Å². The molecule has 0 nitrogen and oxygen atoms in total. The van der Waals surface area contributed by atoms with Crippen LogP contribution in [0.15, 0.2) is 60.2 Å². The summed E-state index contributed by atoms with van der Waals surface area (Å²) >= 11 is -0.603. The van der Waals surface area contributed by atoms with Gasteiger partial charge in [-0.15, -0.1) is 0 Å². The Bertz CT molecular complexity index is 887. The zero-order chi connectivity index (χ0) is 16.0. The summed E-state index contributed by atoms with van der Waals surface area (Å²) < 4.78 is 2.35. The molecule has 0 fully saturated rings. The second kappa shape index (κ2) is 8.30. The van der Waals surface area contributed by atoms with Crippen molar-refractivity contribution >= 4 is 8.78 Å². The molecule has 2 aliphatic carbocycles. The van der Waals surface area contributed by atoms with Crippen LogP contribution in [0.4, 0.5) is 0 Å². The largest absolute Gasteiger partial charge is 1.00 e. The van der Waals surface area contributed by atoms with E-state index < -0.39 is 22.8 Å². The molecule has 3 heteroatoms. The van der Waals surface area contributed by atoms with E-state index in [4.69, 9.17) is 0 Å². The molecule has 0 saturated heterocycles. The van der Waals surface area contributed by atoms with Crippen molar-refractivity contribution in [2.45, 2.75) is 30.8 Å². The van der Waals surface area contributed by atoms with Gasteiger partial charge >= 0.3 is 150 Å². The summed E-state index contributed by atoms with van der Waals surface area (Å²) in [7, 11) is 0. The molecule has 0 radical (unpaired) electrons. The molecule has 1 atom stereocenters. The molecule has 0 saturated carbocycles. The van der Waals surface area contributed by atoms with Crippen LogP contribution in [0.5, 0.6) is 0 Å². The van der Waals surface area contributed by atoms with Gasteiger partial charge in [-0.25, -0.2) is 0 Å². The fourth-order valence-electron chi connectivity index (χ4n) is 3.83. The van der Waals surface area contributed by atoms with Crippen molar-refractivity contribution in [2.24, 2.45) is 0 Å². The Hall–Kier alpha value is -0.747. The summed E-state index contributed by atoms with van der Waals surface area (Å²) in [5.41, 5.74) is 10.6. The predicted molar refractivity (Wildman–Crippen MR) is 96.4 cm³/mol. The number of allylic oxidation sites excluding steroid dienone is 4. The quantitative estimate of drug-likeness (QED) is 0.598. The van der Waals surface area contributed by atoms with E-state index in [2.05, 4.69) is 75.4 Å². The normalized spacial score (nSPS) is 16.5.